The largest absolute Gasteiger partial charge is 0.357 e. The number of hydrogen-bond acceptors (Lipinski definition) is 5. The van der Waals surface area contributed by atoms with Gasteiger partial charge in [0, 0.05) is 11.8 Å². The van der Waals surface area contributed by atoms with E-state index in [-0.39, 0.29) is 6.54 Å². The normalized spacial score (nSPS) is 9.56. The Balaban J connectivity index is 2.15. The van der Waals surface area contributed by atoms with Crippen LogP contribution < -0.4 is 10.6 Å². The summed E-state index contributed by atoms with van der Waals surface area (Å²) in [5.41, 5.74) is 2.14. The highest BCUT2D eigenvalue weighted by Crippen LogP contribution is 2.19. The summed E-state index contributed by atoms with van der Waals surface area (Å²) in [5, 5.41) is 14.6. The lowest BCUT2D eigenvalue weighted by molar-refractivity contribution is 1.14. The van der Waals surface area contributed by atoms with E-state index in [2.05, 4.69) is 20.6 Å². The van der Waals surface area contributed by atoms with Crippen LogP contribution >= 0.6 is 0 Å². The minimum absolute atomic E-state index is 0.223. The van der Waals surface area contributed by atoms with Crippen molar-refractivity contribution in [2.24, 2.45) is 0 Å². The van der Waals surface area contributed by atoms with Crippen LogP contribution in [0.25, 0.3) is 0 Å². The van der Waals surface area contributed by atoms with Crippen molar-refractivity contribution in [2.75, 3.05) is 17.2 Å². The molecule has 2 N–H and O–H groups in total. The maximum Gasteiger partial charge on any atom is 0.135 e. The first-order chi connectivity index (χ1) is 8.79. The van der Waals surface area contributed by atoms with Crippen molar-refractivity contribution < 1.29 is 0 Å². The van der Waals surface area contributed by atoms with Gasteiger partial charge >= 0.3 is 0 Å². The smallest absolute Gasteiger partial charge is 0.135 e. The molecular formula is C13H13N5. The number of nitrogens with zero attached hydrogens (tertiary/aromatic N) is 3. The van der Waals surface area contributed by atoms with Gasteiger partial charge in [0.15, 0.2) is 0 Å². The molecule has 0 saturated carbocycles. The topological polar surface area (TPSA) is 73.6 Å². The minimum atomic E-state index is 0.223. The van der Waals surface area contributed by atoms with Crippen molar-refractivity contribution in [3.05, 3.63) is 42.2 Å². The molecule has 1 aromatic heterocycles. The molecule has 0 aliphatic carbocycles. The molecular weight excluding hydrogens is 226 g/mol. The third kappa shape index (κ3) is 2.95. The van der Waals surface area contributed by atoms with Crippen LogP contribution in [0.3, 0.4) is 0 Å². The van der Waals surface area contributed by atoms with E-state index in [4.69, 9.17) is 5.26 Å². The van der Waals surface area contributed by atoms with Gasteiger partial charge in [0.25, 0.3) is 0 Å². The lowest BCUT2D eigenvalue weighted by atomic mass is 10.2. The number of benzene rings is 1. The van der Waals surface area contributed by atoms with Gasteiger partial charge in [0.2, 0.25) is 0 Å². The summed E-state index contributed by atoms with van der Waals surface area (Å²) < 4.78 is 0. The summed E-state index contributed by atoms with van der Waals surface area (Å²) >= 11 is 0. The quantitative estimate of drug-likeness (QED) is 0.802. The molecule has 1 heterocycles. The van der Waals surface area contributed by atoms with Crippen LogP contribution in [-0.4, -0.2) is 16.5 Å². The van der Waals surface area contributed by atoms with Crippen molar-refractivity contribution in [3.63, 3.8) is 0 Å². The van der Waals surface area contributed by atoms with Crippen molar-refractivity contribution in [1.29, 1.82) is 5.26 Å². The second-order valence-electron chi connectivity index (χ2n) is 3.74. The van der Waals surface area contributed by atoms with Gasteiger partial charge in [-0.3, -0.25) is 0 Å². The number of aromatic nitrogens is 2. The lowest BCUT2D eigenvalue weighted by Crippen LogP contribution is -2.03. The molecule has 0 aliphatic rings. The van der Waals surface area contributed by atoms with Gasteiger partial charge in [-0.1, -0.05) is 18.2 Å². The Kier molecular flexibility index (Phi) is 3.72. The zero-order valence-electron chi connectivity index (χ0n) is 10.0. The number of aryl methyl sites for hydroxylation is 1. The predicted octanol–water partition coefficient (Wildman–Crippen LogP) is 2.46. The van der Waals surface area contributed by atoms with Crippen molar-refractivity contribution in [1.82, 2.24) is 9.97 Å². The van der Waals surface area contributed by atoms with E-state index in [0.717, 1.165) is 11.3 Å². The molecule has 0 amide bonds. The van der Waals surface area contributed by atoms with Crippen LogP contribution in [0.1, 0.15) is 5.56 Å². The Bertz CT molecular complexity index is 574. The summed E-state index contributed by atoms with van der Waals surface area (Å²) in [6.07, 6.45) is 1.46. The fourth-order valence-corrected chi connectivity index (χ4v) is 1.50. The summed E-state index contributed by atoms with van der Waals surface area (Å²) in [6, 6.07) is 11.7. The standard InChI is InChI=1S/C13H13N5/c1-10-4-2-3-5-11(10)18-13-8-12(15-7-6-14)16-9-17-13/h2-5,8-9H,7H2,1H3,(H2,15,16,17,18). The molecule has 0 saturated heterocycles. The van der Waals surface area contributed by atoms with Crippen molar-refractivity contribution >= 4 is 17.3 Å². The van der Waals surface area contributed by atoms with Gasteiger partial charge in [0.05, 0.1) is 6.07 Å². The van der Waals surface area contributed by atoms with Gasteiger partial charge in [0.1, 0.15) is 24.5 Å². The molecule has 0 unspecified atom stereocenters. The Morgan fingerprint density at radius 3 is 2.78 bits per heavy atom. The molecule has 0 atom stereocenters. The number of hydrogen-bond donors (Lipinski definition) is 2. The fraction of sp³-hybridized carbons (Fsp3) is 0.154. The van der Waals surface area contributed by atoms with E-state index < -0.39 is 0 Å². The van der Waals surface area contributed by atoms with Crippen LogP contribution in [0, 0.1) is 18.3 Å². The molecule has 0 radical (unpaired) electrons. The minimum Gasteiger partial charge on any atom is -0.357 e. The number of anilines is 3. The fourth-order valence-electron chi connectivity index (χ4n) is 1.50. The molecule has 0 fully saturated rings. The highest BCUT2D eigenvalue weighted by atomic mass is 15.1. The summed E-state index contributed by atoms with van der Waals surface area (Å²) in [6.45, 7) is 2.25. The molecule has 90 valence electrons. The molecule has 2 aromatic rings. The Morgan fingerprint density at radius 1 is 1.22 bits per heavy atom. The first-order valence-electron chi connectivity index (χ1n) is 5.55. The molecule has 5 heteroatoms. The van der Waals surface area contributed by atoms with Crippen molar-refractivity contribution in [2.45, 2.75) is 6.92 Å². The Hall–Kier alpha value is -2.61. The number of para-hydroxylation sites is 1. The Morgan fingerprint density at radius 2 is 2.00 bits per heavy atom. The van der Waals surface area contributed by atoms with E-state index in [1.165, 1.54) is 6.33 Å². The van der Waals surface area contributed by atoms with E-state index in [0.29, 0.717) is 11.6 Å². The second-order valence-corrected chi connectivity index (χ2v) is 3.74. The van der Waals surface area contributed by atoms with Gasteiger partial charge in [-0.2, -0.15) is 5.26 Å². The first kappa shape index (κ1) is 11.9. The predicted molar refractivity (Wildman–Crippen MR) is 70.6 cm³/mol. The van der Waals surface area contributed by atoms with E-state index >= 15 is 0 Å². The van der Waals surface area contributed by atoms with Crippen LogP contribution in [0.4, 0.5) is 17.3 Å². The first-order valence-corrected chi connectivity index (χ1v) is 5.55. The van der Waals surface area contributed by atoms with Gasteiger partial charge in [-0.25, -0.2) is 9.97 Å². The SMILES string of the molecule is Cc1ccccc1Nc1cc(NCC#N)ncn1. The summed E-state index contributed by atoms with van der Waals surface area (Å²) in [4.78, 5) is 8.17. The lowest BCUT2D eigenvalue weighted by Gasteiger charge is -2.09. The summed E-state index contributed by atoms with van der Waals surface area (Å²) in [7, 11) is 0. The maximum absolute atomic E-state index is 8.50. The Labute approximate surface area is 106 Å². The number of nitriles is 1. The third-order valence-electron chi connectivity index (χ3n) is 2.42. The zero-order valence-corrected chi connectivity index (χ0v) is 10.0. The van der Waals surface area contributed by atoms with Crippen LogP contribution in [-0.2, 0) is 0 Å². The van der Waals surface area contributed by atoms with Crippen LogP contribution in [0.15, 0.2) is 36.7 Å². The van der Waals surface area contributed by atoms with Gasteiger partial charge < -0.3 is 10.6 Å². The molecule has 0 bridgehead atoms. The van der Waals surface area contributed by atoms with Crippen molar-refractivity contribution in [3.8, 4) is 6.07 Å². The zero-order chi connectivity index (χ0) is 12.8. The molecule has 1 aromatic carbocycles. The molecule has 18 heavy (non-hydrogen) atoms. The molecule has 0 aliphatic heterocycles. The van der Waals surface area contributed by atoms with E-state index in [1.54, 1.807) is 6.07 Å². The summed E-state index contributed by atoms with van der Waals surface area (Å²) in [5.74, 6) is 1.32. The average Bonchev–Trinajstić information content (AvgIpc) is 2.40. The van der Waals surface area contributed by atoms with Crippen LogP contribution in [0.2, 0.25) is 0 Å². The molecule has 0 spiro atoms. The molecule has 5 nitrogen and oxygen atoms in total. The second kappa shape index (κ2) is 5.64. The van der Waals surface area contributed by atoms with Crippen LogP contribution in [0.5, 0.6) is 0 Å². The van der Waals surface area contributed by atoms with Gasteiger partial charge in [-0.15, -0.1) is 0 Å². The monoisotopic (exact) mass is 239 g/mol. The van der Waals surface area contributed by atoms with E-state index in [9.17, 15) is 0 Å². The number of nitrogens with one attached hydrogen (secondary N) is 2. The van der Waals surface area contributed by atoms with Gasteiger partial charge in [-0.05, 0) is 18.6 Å². The maximum atomic E-state index is 8.50. The third-order valence-corrected chi connectivity index (χ3v) is 2.42. The molecule has 2 rings (SSSR count). The highest BCUT2D eigenvalue weighted by molar-refractivity contribution is 5.61. The highest BCUT2D eigenvalue weighted by Gasteiger charge is 2.00. The average molecular weight is 239 g/mol. The van der Waals surface area contributed by atoms with E-state index in [1.807, 2.05) is 37.3 Å². The number of rotatable bonds is 4.